The minimum absolute atomic E-state index is 0.625. The second kappa shape index (κ2) is 2.94. The van der Waals surface area contributed by atoms with E-state index in [0.29, 0.717) is 5.56 Å². The van der Waals surface area contributed by atoms with E-state index in [9.17, 15) is 4.79 Å². The number of hydrogen-bond acceptors (Lipinski definition) is 3. The Kier molecular flexibility index (Phi) is 1.77. The maximum atomic E-state index is 10.6. The first kappa shape index (κ1) is 7.86. The molecule has 13 heavy (non-hydrogen) atoms. The third kappa shape index (κ3) is 1.28. The van der Waals surface area contributed by atoms with Crippen molar-refractivity contribution in [1.29, 1.82) is 0 Å². The molecule has 0 aromatic carbocycles. The fourth-order valence-corrected chi connectivity index (χ4v) is 1.25. The summed E-state index contributed by atoms with van der Waals surface area (Å²) in [5, 5.41) is 0.898. The SMILES string of the molecule is Cc1nc2ccncc2cc1C=O. The molecule has 0 aliphatic carbocycles. The molecule has 0 saturated heterocycles. The smallest absolute Gasteiger partial charge is 0.151 e. The summed E-state index contributed by atoms with van der Waals surface area (Å²) in [7, 11) is 0. The molecule has 0 amide bonds. The third-order valence-corrected chi connectivity index (χ3v) is 1.97. The van der Waals surface area contributed by atoms with Gasteiger partial charge in [-0.2, -0.15) is 0 Å². The van der Waals surface area contributed by atoms with Crippen LogP contribution in [0.4, 0.5) is 0 Å². The van der Waals surface area contributed by atoms with Gasteiger partial charge in [0.05, 0.1) is 5.52 Å². The molecule has 0 unspecified atom stereocenters. The van der Waals surface area contributed by atoms with Crippen LogP contribution in [0.25, 0.3) is 10.9 Å². The van der Waals surface area contributed by atoms with E-state index in [1.165, 1.54) is 0 Å². The van der Waals surface area contributed by atoms with Gasteiger partial charge in [0.25, 0.3) is 0 Å². The number of carbonyl (C=O) groups is 1. The molecule has 0 spiro atoms. The second-order valence-corrected chi connectivity index (χ2v) is 2.85. The van der Waals surface area contributed by atoms with Crippen LogP contribution in [0.5, 0.6) is 0 Å². The summed E-state index contributed by atoms with van der Waals surface area (Å²) in [5.41, 5.74) is 2.26. The standard InChI is InChI=1S/C10H8N2O/c1-7-9(6-13)4-8-5-11-3-2-10(8)12-7/h2-6H,1H3. The first-order valence-electron chi connectivity index (χ1n) is 3.98. The summed E-state index contributed by atoms with van der Waals surface area (Å²) in [6.45, 7) is 1.82. The van der Waals surface area contributed by atoms with Crippen LogP contribution in [0.3, 0.4) is 0 Å². The van der Waals surface area contributed by atoms with Crippen molar-refractivity contribution in [2.24, 2.45) is 0 Å². The lowest BCUT2D eigenvalue weighted by molar-refractivity contribution is 0.112. The highest BCUT2D eigenvalue weighted by Crippen LogP contribution is 2.13. The molecule has 2 aromatic heterocycles. The third-order valence-electron chi connectivity index (χ3n) is 1.97. The molecule has 64 valence electrons. The molecule has 0 saturated carbocycles. The van der Waals surface area contributed by atoms with Crippen LogP contribution >= 0.6 is 0 Å². The van der Waals surface area contributed by atoms with E-state index in [1.807, 2.05) is 13.0 Å². The van der Waals surface area contributed by atoms with Gasteiger partial charge in [0.15, 0.2) is 6.29 Å². The van der Waals surface area contributed by atoms with Gasteiger partial charge in [0.1, 0.15) is 0 Å². The van der Waals surface area contributed by atoms with Crippen molar-refractivity contribution in [2.45, 2.75) is 6.92 Å². The topological polar surface area (TPSA) is 42.9 Å². The fraction of sp³-hybridized carbons (Fsp3) is 0.100. The zero-order valence-electron chi connectivity index (χ0n) is 7.19. The summed E-state index contributed by atoms with van der Waals surface area (Å²) in [5.74, 6) is 0. The van der Waals surface area contributed by atoms with E-state index in [-0.39, 0.29) is 0 Å². The zero-order valence-corrected chi connectivity index (χ0v) is 7.19. The van der Waals surface area contributed by atoms with E-state index in [4.69, 9.17) is 0 Å². The van der Waals surface area contributed by atoms with Crippen molar-refractivity contribution in [3.05, 3.63) is 35.8 Å². The number of pyridine rings is 2. The fourth-order valence-electron chi connectivity index (χ4n) is 1.25. The average Bonchev–Trinajstić information content (AvgIpc) is 2.17. The lowest BCUT2D eigenvalue weighted by Crippen LogP contribution is -1.91. The van der Waals surface area contributed by atoms with Gasteiger partial charge in [0, 0.05) is 29.0 Å². The van der Waals surface area contributed by atoms with Crippen LogP contribution < -0.4 is 0 Å². The van der Waals surface area contributed by atoms with Gasteiger partial charge in [-0.3, -0.25) is 14.8 Å². The van der Waals surface area contributed by atoms with Crippen LogP contribution in [-0.2, 0) is 0 Å². The molecule has 0 N–H and O–H groups in total. The summed E-state index contributed by atoms with van der Waals surface area (Å²) < 4.78 is 0. The number of carbonyl (C=O) groups excluding carboxylic acids is 1. The van der Waals surface area contributed by atoms with Gasteiger partial charge in [-0.05, 0) is 19.1 Å². The molecule has 3 heteroatoms. The predicted molar refractivity (Wildman–Crippen MR) is 49.7 cm³/mol. The Morgan fingerprint density at radius 1 is 1.46 bits per heavy atom. The maximum Gasteiger partial charge on any atom is 0.151 e. The molecule has 2 heterocycles. The molecule has 2 aromatic rings. The highest BCUT2D eigenvalue weighted by molar-refractivity contribution is 5.86. The van der Waals surface area contributed by atoms with Crippen LogP contribution in [0.1, 0.15) is 16.1 Å². The van der Waals surface area contributed by atoms with Crippen LogP contribution in [-0.4, -0.2) is 16.3 Å². The monoisotopic (exact) mass is 172 g/mol. The molecule has 3 nitrogen and oxygen atoms in total. The number of aryl methyl sites for hydroxylation is 1. The Labute approximate surface area is 75.4 Å². The summed E-state index contributed by atoms with van der Waals surface area (Å²) in [4.78, 5) is 18.8. The Bertz CT molecular complexity index is 465. The van der Waals surface area contributed by atoms with E-state index < -0.39 is 0 Å². The van der Waals surface area contributed by atoms with Gasteiger partial charge in [-0.1, -0.05) is 0 Å². The summed E-state index contributed by atoms with van der Waals surface area (Å²) in [6, 6.07) is 3.63. The second-order valence-electron chi connectivity index (χ2n) is 2.85. The molecule has 0 radical (unpaired) electrons. The summed E-state index contributed by atoms with van der Waals surface area (Å²) >= 11 is 0. The van der Waals surface area contributed by atoms with Crippen molar-refractivity contribution in [2.75, 3.05) is 0 Å². The lowest BCUT2D eigenvalue weighted by Gasteiger charge is -2.00. The first-order valence-corrected chi connectivity index (χ1v) is 3.98. The van der Waals surface area contributed by atoms with E-state index >= 15 is 0 Å². The quantitative estimate of drug-likeness (QED) is 0.615. The maximum absolute atomic E-state index is 10.6. The first-order chi connectivity index (χ1) is 6.31. The number of nitrogens with zero attached hydrogens (tertiary/aromatic N) is 2. The van der Waals surface area contributed by atoms with Crippen molar-refractivity contribution in [3.63, 3.8) is 0 Å². The Morgan fingerprint density at radius 2 is 2.31 bits per heavy atom. The van der Waals surface area contributed by atoms with Gasteiger partial charge < -0.3 is 0 Å². The number of hydrogen-bond donors (Lipinski definition) is 0. The van der Waals surface area contributed by atoms with Crippen molar-refractivity contribution >= 4 is 17.2 Å². The molecular formula is C10H8N2O. The van der Waals surface area contributed by atoms with Gasteiger partial charge in [0.2, 0.25) is 0 Å². The lowest BCUT2D eigenvalue weighted by atomic mass is 10.1. The molecular weight excluding hydrogens is 164 g/mol. The van der Waals surface area contributed by atoms with E-state index in [0.717, 1.165) is 22.9 Å². The van der Waals surface area contributed by atoms with Crippen molar-refractivity contribution in [3.8, 4) is 0 Å². The van der Waals surface area contributed by atoms with Crippen molar-refractivity contribution in [1.82, 2.24) is 9.97 Å². The molecule has 0 bridgehead atoms. The largest absolute Gasteiger partial charge is 0.298 e. The Morgan fingerprint density at radius 3 is 3.08 bits per heavy atom. The van der Waals surface area contributed by atoms with E-state index in [1.54, 1.807) is 18.5 Å². The Balaban J connectivity index is 2.81. The highest BCUT2D eigenvalue weighted by atomic mass is 16.1. The van der Waals surface area contributed by atoms with Crippen LogP contribution in [0, 0.1) is 6.92 Å². The minimum Gasteiger partial charge on any atom is -0.298 e. The Hall–Kier alpha value is -1.77. The number of rotatable bonds is 1. The number of aromatic nitrogens is 2. The zero-order chi connectivity index (χ0) is 9.26. The number of aldehydes is 1. The van der Waals surface area contributed by atoms with Crippen molar-refractivity contribution < 1.29 is 4.79 Å². The normalized spacial score (nSPS) is 10.2. The van der Waals surface area contributed by atoms with Gasteiger partial charge in [-0.15, -0.1) is 0 Å². The predicted octanol–water partition coefficient (Wildman–Crippen LogP) is 1.75. The van der Waals surface area contributed by atoms with Gasteiger partial charge >= 0.3 is 0 Å². The minimum atomic E-state index is 0.625. The molecule has 2 rings (SSSR count). The van der Waals surface area contributed by atoms with Crippen LogP contribution in [0.15, 0.2) is 24.5 Å². The molecule has 0 aliphatic heterocycles. The average molecular weight is 172 g/mol. The highest BCUT2D eigenvalue weighted by Gasteiger charge is 2.00. The number of fused-ring (bicyclic) bond motifs is 1. The van der Waals surface area contributed by atoms with Gasteiger partial charge in [-0.25, -0.2) is 0 Å². The molecule has 0 atom stereocenters. The van der Waals surface area contributed by atoms with E-state index in [2.05, 4.69) is 9.97 Å². The molecule has 0 aliphatic rings. The summed E-state index contributed by atoms with van der Waals surface area (Å²) in [6.07, 6.45) is 4.21. The molecule has 0 fully saturated rings. The van der Waals surface area contributed by atoms with Crippen LogP contribution in [0.2, 0.25) is 0 Å².